The second-order valence-corrected chi connectivity index (χ2v) is 8.07. The Hall–Kier alpha value is -4.26. The number of piperazine rings is 1. The van der Waals surface area contributed by atoms with E-state index in [0.717, 1.165) is 24.5 Å². The zero-order valence-corrected chi connectivity index (χ0v) is 17.8. The first-order valence-corrected chi connectivity index (χ1v) is 10.8. The summed E-state index contributed by atoms with van der Waals surface area (Å²) in [7, 11) is 0. The van der Waals surface area contributed by atoms with Gasteiger partial charge in [-0.3, -0.25) is 19.7 Å². The Labute approximate surface area is 190 Å². The van der Waals surface area contributed by atoms with E-state index in [4.69, 9.17) is 0 Å². The van der Waals surface area contributed by atoms with Crippen LogP contribution in [-0.4, -0.2) is 42.7 Å². The average Bonchev–Trinajstić information content (AvgIpc) is 3.09. The fraction of sp³-hybridized carbons (Fsp3) is 0.154. The number of para-hydroxylation sites is 1. The summed E-state index contributed by atoms with van der Waals surface area (Å²) in [5, 5.41) is 11.4. The van der Waals surface area contributed by atoms with E-state index in [0.29, 0.717) is 29.8 Å². The molecule has 3 aromatic rings. The fourth-order valence-electron chi connectivity index (χ4n) is 4.46. The summed E-state index contributed by atoms with van der Waals surface area (Å²) in [6.45, 7) is 3.01. The number of ketones is 2. The van der Waals surface area contributed by atoms with Crippen LogP contribution in [0.1, 0.15) is 26.3 Å². The van der Waals surface area contributed by atoms with Gasteiger partial charge in [0, 0.05) is 66.4 Å². The van der Waals surface area contributed by atoms with Gasteiger partial charge in [-0.15, -0.1) is 0 Å². The van der Waals surface area contributed by atoms with Crippen molar-refractivity contribution in [3.63, 3.8) is 0 Å². The van der Waals surface area contributed by atoms with Crippen LogP contribution in [0.15, 0.2) is 78.4 Å². The SMILES string of the molecule is O=C1C(=Cc2cc([N+](=O)[O-])ccc2N2CCN(c3ccccc3)CC2)C(=O)c2ccccc21. The maximum absolute atomic E-state index is 12.9. The Morgan fingerprint density at radius 1 is 0.758 bits per heavy atom. The van der Waals surface area contributed by atoms with Crippen molar-refractivity contribution < 1.29 is 14.5 Å². The first-order chi connectivity index (χ1) is 16.0. The smallest absolute Gasteiger partial charge is 0.270 e. The van der Waals surface area contributed by atoms with Crippen LogP contribution in [0, 0.1) is 10.1 Å². The lowest BCUT2D eigenvalue weighted by Gasteiger charge is -2.38. The summed E-state index contributed by atoms with van der Waals surface area (Å²) >= 11 is 0. The summed E-state index contributed by atoms with van der Waals surface area (Å²) in [5.41, 5.74) is 3.14. The van der Waals surface area contributed by atoms with Crippen molar-refractivity contribution in [1.29, 1.82) is 0 Å². The number of fused-ring (bicyclic) bond motifs is 1. The highest BCUT2D eigenvalue weighted by atomic mass is 16.6. The molecule has 33 heavy (non-hydrogen) atoms. The summed E-state index contributed by atoms with van der Waals surface area (Å²) in [6, 6.07) is 21.5. The summed E-state index contributed by atoms with van der Waals surface area (Å²) in [5.74, 6) is -0.691. The molecule has 1 fully saturated rings. The average molecular weight is 439 g/mol. The molecule has 0 saturated carbocycles. The molecule has 1 aliphatic heterocycles. The third-order valence-electron chi connectivity index (χ3n) is 6.17. The number of non-ortho nitro benzene ring substituents is 1. The number of benzene rings is 3. The number of rotatable bonds is 4. The normalized spacial score (nSPS) is 15.6. The lowest BCUT2D eigenvalue weighted by atomic mass is 10.0. The predicted octanol–water partition coefficient (Wildman–Crippen LogP) is 4.38. The van der Waals surface area contributed by atoms with Crippen LogP contribution in [0.25, 0.3) is 6.08 Å². The van der Waals surface area contributed by atoms with Crippen molar-refractivity contribution >= 4 is 34.7 Å². The molecular formula is C26H21N3O4. The molecule has 1 heterocycles. The van der Waals surface area contributed by atoms with Gasteiger partial charge in [0.05, 0.1) is 10.5 Å². The number of hydrogen-bond donors (Lipinski definition) is 0. The largest absolute Gasteiger partial charge is 0.368 e. The van der Waals surface area contributed by atoms with Crippen molar-refractivity contribution in [3.8, 4) is 0 Å². The predicted molar refractivity (Wildman–Crippen MR) is 127 cm³/mol. The van der Waals surface area contributed by atoms with Crippen molar-refractivity contribution in [2.24, 2.45) is 0 Å². The minimum Gasteiger partial charge on any atom is -0.368 e. The minimum atomic E-state index is -0.466. The van der Waals surface area contributed by atoms with Crippen molar-refractivity contribution in [1.82, 2.24) is 0 Å². The maximum atomic E-state index is 12.9. The topological polar surface area (TPSA) is 83.8 Å². The Balaban J connectivity index is 1.48. The van der Waals surface area contributed by atoms with Gasteiger partial charge in [-0.1, -0.05) is 42.5 Å². The Bertz CT molecular complexity index is 1250. The third-order valence-corrected chi connectivity index (χ3v) is 6.17. The molecule has 0 aromatic heterocycles. The van der Waals surface area contributed by atoms with E-state index in [1.807, 2.05) is 18.2 Å². The van der Waals surface area contributed by atoms with E-state index >= 15 is 0 Å². The number of nitrogens with zero attached hydrogens (tertiary/aromatic N) is 3. The Kier molecular flexibility index (Phi) is 5.22. The van der Waals surface area contributed by atoms with Gasteiger partial charge < -0.3 is 9.80 Å². The van der Waals surface area contributed by atoms with E-state index in [1.165, 1.54) is 18.2 Å². The van der Waals surface area contributed by atoms with E-state index in [1.54, 1.807) is 30.3 Å². The molecule has 7 nitrogen and oxygen atoms in total. The lowest BCUT2D eigenvalue weighted by Crippen LogP contribution is -2.46. The van der Waals surface area contributed by atoms with Crippen LogP contribution in [0.2, 0.25) is 0 Å². The summed E-state index contributed by atoms with van der Waals surface area (Å²) in [4.78, 5) is 41.1. The Morgan fingerprint density at radius 3 is 1.94 bits per heavy atom. The molecule has 2 aliphatic rings. The number of carbonyl (C=O) groups is 2. The third kappa shape index (κ3) is 3.78. The first-order valence-electron chi connectivity index (χ1n) is 10.8. The number of nitro groups is 1. The molecule has 1 saturated heterocycles. The number of hydrogen-bond acceptors (Lipinski definition) is 6. The van der Waals surface area contributed by atoms with Crippen LogP contribution in [0.5, 0.6) is 0 Å². The highest BCUT2D eigenvalue weighted by molar-refractivity contribution is 6.41. The van der Waals surface area contributed by atoms with Crippen LogP contribution in [0.3, 0.4) is 0 Å². The molecule has 1 aliphatic carbocycles. The maximum Gasteiger partial charge on any atom is 0.270 e. The number of anilines is 2. The van der Waals surface area contributed by atoms with Gasteiger partial charge in [-0.25, -0.2) is 0 Å². The van der Waals surface area contributed by atoms with Crippen LogP contribution in [-0.2, 0) is 0 Å². The van der Waals surface area contributed by atoms with Crippen molar-refractivity contribution in [2.45, 2.75) is 0 Å². The van der Waals surface area contributed by atoms with Gasteiger partial charge in [0.1, 0.15) is 0 Å². The van der Waals surface area contributed by atoms with Gasteiger partial charge in [-0.2, -0.15) is 0 Å². The van der Waals surface area contributed by atoms with Gasteiger partial charge >= 0.3 is 0 Å². The van der Waals surface area contributed by atoms with Gasteiger partial charge in [0.25, 0.3) is 5.69 Å². The van der Waals surface area contributed by atoms with Crippen LogP contribution in [0.4, 0.5) is 17.1 Å². The fourth-order valence-corrected chi connectivity index (χ4v) is 4.46. The second-order valence-electron chi connectivity index (χ2n) is 8.07. The molecule has 0 spiro atoms. The standard InChI is InChI=1S/C26H21N3O4/c30-25-21-8-4-5-9-22(21)26(31)23(25)17-18-16-20(29(32)33)10-11-24(18)28-14-12-27(13-15-28)19-6-2-1-3-7-19/h1-11,16-17H,12-15H2. The lowest BCUT2D eigenvalue weighted by molar-refractivity contribution is -0.384. The monoisotopic (exact) mass is 439 g/mol. The molecule has 0 amide bonds. The molecule has 0 N–H and O–H groups in total. The number of allylic oxidation sites excluding steroid dienone is 1. The molecule has 0 bridgehead atoms. The molecule has 164 valence electrons. The molecule has 0 radical (unpaired) electrons. The zero-order valence-electron chi connectivity index (χ0n) is 17.8. The molecule has 3 aromatic carbocycles. The van der Waals surface area contributed by atoms with E-state index in [9.17, 15) is 19.7 Å². The Morgan fingerprint density at radius 2 is 1.33 bits per heavy atom. The second kappa shape index (κ2) is 8.35. The molecule has 0 unspecified atom stereocenters. The van der Waals surface area contributed by atoms with Crippen LogP contribution < -0.4 is 9.80 Å². The van der Waals surface area contributed by atoms with Gasteiger partial charge in [0.15, 0.2) is 11.6 Å². The van der Waals surface area contributed by atoms with Crippen molar-refractivity contribution in [2.75, 3.05) is 36.0 Å². The molecule has 7 heteroatoms. The highest BCUT2D eigenvalue weighted by Gasteiger charge is 2.33. The van der Waals surface area contributed by atoms with Gasteiger partial charge in [-0.05, 0) is 24.3 Å². The minimum absolute atomic E-state index is 0.0425. The van der Waals surface area contributed by atoms with Crippen LogP contribution >= 0.6 is 0 Å². The molecule has 0 atom stereocenters. The molecular weight excluding hydrogens is 418 g/mol. The number of nitro benzene ring substituents is 1. The summed E-state index contributed by atoms with van der Waals surface area (Å²) in [6.07, 6.45) is 1.51. The zero-order chi connectivity index (χ0) is 22.9. The quantitative estimate of drug-likeness (QED) is 0.260. The first kappa shape index (κ1) is 20.6. The highest BCUT2D eigenvalue weighted by Crippen LogP contribution is 2.33. The van der Waals surface area contributed by atoms with E-state index in [2.05, 4.69) is 21.9 Å². The van der Waals surface area contributed by atoms with E-state index < -0.39 is 4.92 Å². The van der Waals surface area contributed by atoms with Crippen molar-refractivity contribution in [3.05, 3.63) is 105 Å². The van der Waals surface area contributed by atoms with Gasteiger partial charge in [0.2, 0.25) is 0 Å². The summed E-state index contributed by atoms with van der Waals surface area (Å²) < 4.78 is 0. The van der Waals surface area contributed by atoms with E-state index in [-0.39, 0.29) is 22.8 Å². The number of carbonyl (C=O) groups excluding carboxylic acids is 2. The molecule has 5 rings (SSSR count). The number of Topliss-reactive ketones (excluding diaryl/α,β-unsaturated/α-hetero) is 2.